The molecular formula is C5H9NO4S. The van der Waals surface area contributed by atoms with Crippen molar-refractivity contribution in [2.75, 3.05) is 13.6 Å². The Bertz CT molecular complexity index is 260. The smallest absolute Gasteiger partial charge is 0.253 e. The molecule has 0 aromatic rings. The molecule has 0 aromatic carbocycles. The monoisotopic (exact) mass is 179 g/mol. The highest BCUT2D eigenvalue weighted by Crippen LogP contribution is 2.41. The van der Waals surface area contributed by atoms with E-state index in [1.54, 1.807) is 11.9 Å². The maximum absolute atomic E-state index is 10.5. The summed E-state index contributed by atoms with van der Waals surface area (Å²) in [6.45, 7) is 0.815. The third-order valence-electron chi connectivity index (χ3n) is 2.03. The van der Waals surface area contributed by atoms with Crippen LogP contribution in [0.3, 0.4) is 0 Å². The van der Waals surface area contributed by atoms with Crippen molar-refractivity contribution in [1.82, 2.24) is 4.90 Å². The molecule has 6 heteroatoms. The second-order valence-electron chi connectivity index (χ2n) is 2.81. The van der Waals surface area contributed by atoms with Crippen LogP contribution in [0, 0.1) is 0 Å². The Morgan fingerprint density at radius 1 is 1.45 bits per heavy atom. The van der Waals surface area contributed by atoms with Crippen molar-refractivity contribution in [3.8, 4) is 0 Å². The quantitative estimate of drug-likeness (QED) is 0.509. The lowest BCUT2D eigenvalue weighted by molar-refractivity contribution is -0.256. The van der Waals surface area contributed by atoms with E-state index in [9.17, 15) is 8.42 Å². The van der Waals surface area contributed by atoms with Crippen molar-refractivity contribution in [3.63, 3.8) is 0 Å². The molecule has 2 heterocycles. The molecule has 0 N–H and O–H groups in total. The summed E-state index contributed by atoms with van der Waals surface area (Å²) in [5, 5.41) is 0. The van der Waals surface area contributed by atoms with Crippen molar-refractivity contribution in [1.29, 1.82) is 0 Å². The first-order chi connectivity index (χ1) is 5.04. The molecular weight excluding hydrogens is 170 g/mol. The first-order valence-corrected chi connectivity index (χ1v) is 4.75. The molecule has 0 radical (unpaired) electrons. The van der Waals surface area contributed by atoms with E-state index in [1.807, 2.05) is 0 Å². The zero-order valence-corrected chi connectivity index (χ0v) is 6.93. The van der Waals surface area contributed by atoms with Crippen molar-refractivity contribution in [2.24, 2.45) is 0 Å². The van der Waals surface area contributed by atoms with Crippen LogP contribution in [-0.4, -0.2) is 32.8 Å². The number of hydrogen-bond acceptors (Lipinski definition) is 5. The highest BCUT2D eigenvalue weighted by atomic mass is 32.3. The van der Waals surface area contributed by atoms with Crippen molar-refractivity contribution < 1.29 is 16.8 Å². The lowest BCUT2D eigenvalue weighted by atomic mass is 10.3. The van der Waals surface area contributed by atoms with Gasteiger partial charge in [-0.15, -0.1) is 0 Å². The van der Waals surface area contributed by atoms with Crippen LogP contribution >= 0.6 is 0 Å². The highest BCUT2D eigenvalue weighted by Gasteiger charge is 2.57. The van der Waals surface area contributed by atoms with Gasteiger partial charge >= 0.3 is 10.4 Å². The molecule has 2 rings (SSSR count). The zero-order valence-electron chi connectivity index (χ0n) is 6.11. The standard InChI is InChI=1S/C5H9NO4S/c1-6-4-2-3-5(6)9-11(7,8)10-5/h2-4H2,1H3. The average molecular weight is 179 g/mol. The minimum absolute atomic E-state index is 0.628. The topological polar surface area (TPSA) is 55.8 Å². The van der Waals surface area contributed by atoms with E-state index in [4.69, 9.17) is 0 Å². The van der Waals surface area contributed by atoms with Crippen LogP contribution in [-0.2, 0) is 18.8 Å². The Balaban J connectivity index is 2.17. The average Bonchev–Trinajstić information content (AvgIpc) is 2.10. The fraction of sp³-hybridized carbons (Fsp3) is 1.00. The van der Waals surface area contributed by atoms with Crippen LogP contribution in [0.15, 0.2) is 0 Å². The summed E-state index contributed by atoms with van der Waals surface area (Å²) in [5.74, 6) is -0.946. The van der Waals surface area contributed by atoms with Gasteiger partial charge in [-0.25, -0.2) is 0 Å². The summed E-state index contributed by atoms with van der Waals surface area (Å²) >= 11 is 0. The lowest BCUT2D eigenvalue weighted by Crippen LogP contribution is -2.57. The van der Waals surface area contributed by atoms with Crippen LogP contribution in [0.1, 0.15) is 12.8 Å². The molecule has 0 aromatic heterocycles. The van der Waals surface area contributed by atoms with Gasteiger partial charge in [0, 0.05) is 13.0 Å². The molecule has 5 nitrogen and oxygen atoms in total. The third kappa shape index (κ3) is 0.978. The van der Waals surface area contributed by atoms with Crippen LogP contribution in [0.2, 0.25) is 0 Å². The molecule has 2 aliphatic rings. The highest BCUT2D eigenvalue weighted by molar-refractivity contribution is 7.82. The molecule has 0 unspecified atom stereocenters. The molecule has 2 aliphatic heterocycles. The van der Waals surface area contributed by atoms with Gasteiger partial charge in [0.05, 0.1) is 0 Å². The van der Waals surface area contributed by atoms with E-state index < -0.39 is 16.3 Å². The van der Waals surface area contributed by atoms with Gasteiger partial charge in [-0.3, -0.25) is 4.90 Å². The first-order valence-electron chi connectivity index (χ1n) is 3.42. The number of rotatable bonds is 0. The summed E-state index contributed by atoms with van der Waals surface area (Å²) < 4.78 is 30.4. The Morgan fingerprint density at radius 3 is 2.45 bits per heavy atom. The van der Waals surface area contributed by atoms with E-state index >= 15 is 0 Å². The Kier molecular flexibility index (Phi) is 1.32. The van der Waals surface area contributed by atoms with Gasteiger partial charge in [-0.05, 0) is 13.5 Å². The van der Waals surface area contributed by atoms with E-state index in [2.05, 4.69) is 8.37 Å². The predicted molar refractivity (Wildman–Crippen MR) is 35.7 cm³/mol. The van der Waals surface area contributed by atoms with E-state index in [0.29, 0.717) is 6.42 Å². The molecule has 2 saturated heterocycles. The van der Waals surface area contributed by atoms with Gasteiger partial charge < -0.3 is 0 Å². The van der Waals surface area contributed by atoms with Gasteiger partial charge in [0.25, 0.3) is 5.91 Å². The SMILES string of the molecule is CN1CCCC12OS(=O)(=O)O2. The van der Waals surface area contributed by atoms with Crippen molar-refractivity contribution >= 4 is 10.4 Å². The lowest BCUT2D eigenvalue weighted by Gasteiger charge is -2.40. The first kappa shape index (κ1) is 7.48. The van der Waals surface area contributed by atoms with Gasteiger partial charge in [0.1, 0.15) is 0 Å². The molecule has 0 bridgehead atoms. The second kappa shape index (κ2) is 1.95. The molecule has 1 spiro atoms. The van der Waals surface area contributed by atoms with Crippen LogP contribution in [0.5, 0.6) is 0 Å². The molecule has 2 fully saturated rings. The molecule has 0 saturated carbocycles. The zero-order chi connectivity index (χ0) is 8.11. The molecule has 0 aliphatic carbocycles. The predicted octanol–water partition coefficient (Wildman–Crippen LogP) is -0.343. The minimum Gasteiger partial charge on any atom is -0.253 e. The maximum Gasteiger partial charge on any atom is 0.407 e. The molecule has 0 amide bonds. The van der Waals surface area contributed by atoms with Gasteiger partial charge in [0.2, 0.25) is 0 Å². The number of likely N-dealkylation sites (tertiary alicyclic amines) is 1. The second-order valence-corrected chi connectivity index (χ2v) is 3.96. The third-order valence-corrected chi connectivity index (χ3v) is 2.96. The van der Waals surface area contributed by atoms with Crippen LogP contribution < -0.4 is 0 Å². The van der Waals surface area contributed by atoms with Crippen LogP contribution in [0.4, 0.5) is 0 Å². The number of nitrogens with zero attached hydrogens (tertiary/aromatic N) is 1. The molecule has 11 heavy (non-hydrogen) atoms. The largest absolute Gasteiger partial charge is 0.407 e. The fourth-order valence-corrected chi connectivity index (χ4v) is 2.51. The van der Waals surface area contributed by atoms with Gasteiger partial charge in [-0.1, -0.05) is 0 Å². The Morgan fingerprint density at radius 2 is 2.09 bits per heavy atom. The van der Waals surface area contributed by atoms with Crippen molar-refractivity contribution in [2.45, 2.75) is 18.8 Å². The maximum atomic E-state index is 10.5. The minimum atomic E-state index is -3.65. The van der Waals surface area contributed by atoms with E-state index in [1.165, 1.54) is 0 Å². The number of hydrogen-bond donors (Lipinski definition) is 0. The summed E-state index contributed by atoms with van der Waals surface area (Å²) in [4.78, 5) is 1.76. The normalized spacial score (nSPS) is 33.9. The van der Waals surface area contributed by atoms with E-state index in [-0.39, 0.29) is 0 Å². The van der Waals surface area contributed by atoms with Gasteiger partial charge in [-0.2, -0.15) is 16.8 Å². The van der Waals surface area contributed by atoms with Gasteiger partial charge in [0.15, 0.2) is 0 Å². The van der Waals surface area contributed by atoms with E-state index in [0.717, 1.165) is 13.0 Å². The summed E-state index contributed by atoms with van der Waals surface area (Å²) in [6, 6.07) is 0. The Labute approximate surface area is 65.2 Å². The summed E-state index contributed by atoms with van der Waals surface area (Å²) in [5.41, 5.74) is 0. The Hall–Kier alpha value is -0.170. The fourth-order valence-electron chi connectivity index (χ4n) is 1.44. The summed E-state index contributed by atoms with van der Waals surface area (Å²) in [6.07, 6.45) is 1.54. The summed E-state index contributed by atoms with van der Waals surface area (Å²) in [7, 11) is -1.87. The van der Waals surface area contributed by atoms with Crippen LogP contribution in [0.25, 0.3) is 0 Å². The molecule has 64 valence electrons. The van der Waals surface area contributed by atoms with Crippen molar-refractivity contribution in [3.05, 3.63) is 0 Å². The molecule has 0 atom stereocenters.